The van der Waals surface area contributed by atoms with Crippen LogP contribution >= 0.6 is 0 Å². The number of amides is 2. The van der Waals surface area contributed by atoms with Crippen LogP contribution in [0.2, 0.25) is 0 Å². The first kappa shape index (κ1) is 25.4. The molecule has 0 fully saturated rings. The molecule has 0 saturated carbocycles. The molecule has 3 rings (SSSR count). The molecule has 35 heavy (non-hydrogen) atoms. The summed E-state index contributed by atoms with van der Waals surface area (Å²) in [6, 6.07) is 16.2. The number of benzene rings is 3. The van der Waals surface area contributed by atoms with Crippen molar-refractivity contribution in [2.24, 2.45) is 0 Å². The topological polar surface area (TPSA) is 79.9 Å². The molecule has 0 aliphatic carbocycles. The molecule has 0 bridgehead atoms. The molecule has 0 aromatic heterocycles. The van der Waals surface area contributed by atoms with Gasteiger partial charge in [0.2, 0.25) is 0 Å². The number of nitrogens with zero attached hydrogens (tertiary/aromatic N) is 1. The van der Waals surface area contributed by atoms with Crippen LogP contribution in [0.5, 0.6) is 11.5 Å². The van der Waals surface area contributed by atoms with E-state index < -0.39 is 23.6 Å². The summed E-state index contributed by atoms with van der Waals surface area (Å²) in [4.78, 5) is 26.2. The summed E-state index contributed by atoms with van der Waals surface area (Å²) >= 11 is 0. The lowest BCUT2D eigenvalue weighted by Gasteiger charge is -2.18. The molecule has 0 aliphatic rings. The van der Waals surface area contributed by atoms with Gasteiger partial charge in [0.05, 0.1) is 18.4 Å². The fourth-order valence-corrected chi connectivity index (χ4v) is 3.10. The van der Waals surface area contributed by atoms with Crippen LogP contribution in [0, 0.1) is 0 Å². The third kappa shape index (κ3) is 6.89. The molecule has 2 N–H and O–H groups in total. The van der Waals surface area contributed by atoms with Crippen molar-refractivity contribution < 1.29 is 32.2 Å². The van der Waals surface area contributed by atoms with Crippen LogP contribution in [0.1, 0.15) is 15.9 Å². The monoisotopic (exact) mass is 487 g/mol. The van der Waals surface area contributed by atoms with Gasteiger partial charge in [-0.2, -0.15) is 13.2 Å². The maximum atomic E-state index is 13.5. The Morgan fingerprint density at radius 2 is 1.63 bits per heavy atom. The summed E-state index contributed by atoms with van der Waals surface area (Å²) in [5.41, 5.74) is -0.265. The lowest BCUT2D eigenvalue weighted by molar-refractivity contribution is -0.136. The average molecular weight is 487 g/mol. The molecule has 0 aliphatic heterocycles. The predicted octanol–water partition coefficient (Wildman–Crippen LogP) is 5.05. The van der Waals surface area contributed by atoms with Crippen LogP contribution in [0.3, 0.4) is 0 Å². The Morgan fingerprint density at radius 1 is 0.914 bits per heavy atom. The standard InChI is InChI=1S/C25H24F3N3O4/c1-31(2)18-9-12-22(21(14-18)25(26,27)28)30-24(33)16-7-10-19(11-8-16)35-15-23(32)29-17-5-4-6-20(13-17)34-3/h4-14H,15H2,1-3H3,(H,29,32)(H,30,33). The Hall–Kier alpha value is -4.21. The molecule has 10 heteroatoms. The second-order valence-electron chi connectivity index (χ2n) is 7.67. The van der Waals surface area contributed by atoms with E-state index in [2.05, 4.69) is 10.6 Å². The zero-order valence-corrected chi connectivity index (χ0v) is 19.3. The predicted molar refractivity (Wildman–Crippen MR) is 127 cm³/mol. The third-order valence-corrected chi connectivity index (χ3v) is 4.91. The van der Waals surface area contributed by atoms with Crippen LogP contribution in [0.25, 0.3) is 0 Å². The van der Waals surface area contributed by atoms with Crippen molar-refractivity contribution in [2.75, 3.05) is 43.3 Å². The van der Waals surface area contributed by atoms with Crippen molar-refractivity contribution >= 4 is 28.9 Å². The van der Waals surface area contributed by atoms with E-state index in [-0.39, 0.29) is 17.9 Å². The van der Waals surface area contributed by atoms with Crippen molar-refractivity contribution in [1.82, 2.24) is 0 Å². The number of nitrogens with one attached hydrogen (secondary N) is 2. The van der Waals surface area contributed by atoms with Gasteiger partial charge in [-0.25, -0.2) is 0 Å². The molecule has 184 valence electrons. The zero-order valence-electron chi connectivity index (χ0n) is 19.3. The van der Waals surface area contributed by atoms with Gasteiger partial charge in [0.15, 0.2) is 6.61 Å². The first-order valence-corrected chi connectivity index (χ1v) is 10.4. The smallest absolute Gasteiger partial charge is 0.418 e. The number of rotatable bonds is 8. The summed E-state index contributed by atoms with van der Waals surface area (Å²) in [6.45, 7) is -0.282. The van der Waals surface area contributed by atoms with Gasteiger partial charge in [-0.15, -0.1) is 0 Å². The van der Waals surface area contributed by atoms with Crippen molar-refractivity contribution in [2.45, 2.75) is 6.18 Å². The van der Waals surface area contributed by atoms with E-state index in [0.717, 1.165) is 6.07 Å². The molecule has 3 aromatic carbocycles. The van der Waals surface area contributed by atoms with E-state index in [1.807, 2.05) is 0 Å². The highest BCUT2D eigenvalue weighted by Gasteiger charge is 2.34. The highest BCUT2D eigenvalue weighted by molar-refractivity contribution is 6.05. The highest BCUT2D eigenvalue weighted by atomic mass is 19.4. The van der Waals surface area contributed by atoms with Gasteiger partial charge in [-0.1, -0.05) is 6.07 Å². The number of carbonyl (C=O) groups is 2. The minimum atomic E-state index is -4.64. The second kappa shape index (κ2) is 10.8. The number of hydrogen-bond acceptors (Lipinski definition) is 5. The third-order valence-electron chi connectivity index (χ3n) is 4.91. The van der Waals surface area contributed by atoms with E-state index in [1.165, 1.54) is 48.4 Å². The Kier molecular flexibility index (Phi) is 7.85. The summed E-state index contributed by atoms with van der Waals surface area (Å²) < 4.78 is 51.0. The number of hydrogen-bond donors (Lipinski definition) is 2. The van der Waals surface area contributed by atoms with Crippen molar-refractivity contribution in [3.63, 3.8) is 0 Å². The molecule has 0 radical (unpaired) electrons. The van der Waals surface area contributed by atoms with Crippen LogP contribution in [-0.2, 0) is 11.0 Å². The Balaban J connectivity index is 1.61. The normalized spacial score (nSPS) is 10.9. The quantitative estimate of drug-likeness (QED) is 0.465. The lowest BCUT2D eigenvalue weighted by Crippen LogP contribution is -2.20. The van der Waals surface area contributed by atoms with Crippen molar-refractivity contribution in [3.05, 3.63) is 77.9 Å². The van der Waals surface area contributed by atoms with Crippen LogP contribution in [-0.4, -0.2) is 39.6 Å². The highest BCUT2D eigenvalue weighted by Crippen LogP contribution is 2.37. The molecule has 0 saturated heterocycles. The largest absolute Gasteiger partial charge is 0.497 e. The number of methoxy groups -OCH3 is 1. The molecule has 3 aromatic rings. The number of alkyl halides is 3. The van der Waals surface area contributed by atoms with E-state index in [0.29, 0.717) is 22.9 Å². The van der Waals surface area contributed by atoms with E-state index in [4.69, 9.17) is 9.47 Å². The number of anilines is 3. The molecule has 0 unspecified atom stereocenters. The maximum absolute atomic E-state index is 13.5. The van der Waals surface area contributed by atoms with Gasteiger partial charge in [-0.05, 0) is 54.6 Å². The summed E-state index contributed by atoms with van der Waals surface area (Å²) in [5.74, 6) is -0.210. The molecule has 0 atom stereocenters. The fourth-order valence-electron chi connectivity index (χ4n) is 3.10. The van der Waals surface area contributed by atoms with E-state index in [9.17, 15) is 22.8 Å². The van der Waals surface area contributed by atoms with E-state index in [1.54, 1.807) is 38.4 Å². The molecule has 7 nitrogen and oxygen atoms in total. The lowest BCUT2D eigenvalue weighted by atomic mass is 10.1. The van der Waals surface area contributed by atoms with Gasteiger partial charge in [0.1, 0.15) is 11.5 Å². The summed E-state index contributed by atoms with van der Waals surface area (Å²) in [7, 11) is 4.77. The molecule has 0 heterocycles. The molecular weight excluding hydrogens is 463 g/mol. The Morgan fingerprint density at radius 3 is 2.26 bits per heavy atom. The van der Waals surface area contributed by atoms with Gasteiger partial charge in [0, 0.05) is 37.1 Å². The molecule has 0 spiro atoms. The first-order chi connectivity index (χ1) is 16.6. The van der Waals surface area contributed by atoms with Crippen molar-refractivity contribution in [3.8, 4) is 11.5 Å². The van der Waals surface area contributed by atoms with E-state index >= 15 is 0 Å². The van der Waals surface area contributed by atoms with Gasteiger partial charge in [0.25, 0.3) is 11.8 Å². The number of halogens is 3. The Labute approximate surface area is 200 Å². The van der Waals surface area contributed by atoms with Crippen LogP contribution < -0.4 is 25.0 Å². The molecular formula is C25H24F3N3O4. The van der Waals surface area contributed by atoms with Gasteiger partial charge < -0.3 is 25.0 Å². The maximum Gasteiger partial charge on any atom is 0.418 e. The second-order valence-corrected chi connectivity index (χ2v) is 7.67. The van der Waals surface area contributed by atoms with Crippen LogP contribution in [0.15, 0.2) is 66.7 Å². The first-order valence-electron chi connectivity index (χ1n) is 10.4. The number of ether oxygens (including phenoxy) is 2. The SMILES string of the molecule is COc1cccc(NC(=O)COc2ccc(C(=O)Nc3ccc(N(C)C)cc3C(F)(F)F)cc2)c1. The average Bonchev–Trinajstić information content (AvgIpc) is 2.82. The van der Waals surface area contributed by atoms with Crippen molar-refractivity contribution in [1.29, 1.82) is 0 Å². The zero-order chi connectivity index (χ0) is 25.6. The van der Waals surface area contributed by atoms with Gasteiger partial charge >= 0.3 is 6.18 Å². The minimum absolute atomic E-state index is 0.128. The summed E-state index contributed by atoms with van der Waals surface area (Å²) in [6.07, 6.45) is -4.64. The Bertz CT molecular complexity index is 1200. The molecule has 2 amide bonds. The number of carbonyl (C=O) groups excluding carboxylic acids is 2. The van der Waals surface area contributed by atoms with Crippen LogP contribution in [0.4, 0.5) is 30.2 Å². The minimum Gasteiger partial charge on any atom is -0.497 e. The summed E-state index contributed by atoms with van der Waals surface area (Å²) in [5, 5.41) is 4.98. The van der Waals surface area contributed by atoms with Gasteiger partial charge in [-0.3, -0.25) is 9.59 Å². The fraction of sp³-hybridized carbons (Fsp3) is 0.200.